The second-order valence-electron chi connectivity index (χ2n) is 4.40. The molecule has 0 spiro atoms. The largest absolute Gasteiger partial charge is 0.478 e. The number of carboxylic acids is 1. The van der Waals surface area contributed by atoms with Gasteiger partial charge in [0.2, 0.25) is 0 Å². The summed E-state index contributed by atoms with van der Waals surface area (Å²) in [6, 6.07) is 6.49. The number of pyridine rings is 1. The lowest BCUT2D eigenvalue weighted by molar-refractivity contribution is 0.0697. The zero-order chi connectivity index (χ0) is 14.3. The maximum absolute atomic E-state index is 11.1. The van der Waals surface area contributed by atoms with Gasteiger partial charge in [0.05, 0.1) is 10.6 Å². The van der Waals surface area contributed by atoms with Crippen LogP contribution in [-0.4, -0.2) is 21.0 Å². The number of nitrogen functional groups attached to an aromatic ring is 1. The van der Waals surface area contributed by atoms with Gasteiger partial charge in [-0.1, -0.05) is 11.6 Å². The molecule has 4 N–H and O–H groups in total. The molecule has 3 rings (SSSR count). The number of fused-ring (bicyclic) bond motifs is 1. The molecule has 0 amide bonds. The molecule has 1 aromatic carbocycles. The minimum atomic E-state index is -1.02. The van der Waals surface area contributed by atoms with Crippen molar-refractivity contribution in [2.75, 3.05) is 5.73 Å². The van der Waals surface area contributed by atoms with Crippen molar-refractivity contribution in [2.45, 2.75) is 0 Å². The first-order valence-electron chi connectivity index (χ1n) is 5.81. The number of nitrogens with two attached hydrogens (primary N) is 1. The van der Waals surface area contributed by atoms with E-state index in [2.05, 4.69) is 9.97 Å². The smallest absolute Gasteiger partial charge is 0.335 e. The van der Waals surface area contributed by atoms with Gasteiger partial charge in [-0.3, -0.25) is 0 Å². The van der Waals surface area contributed by atoms with Gasteiger partial charge in [-0.15, -0.1) is 0 Å². The topological polar surface area (TPSA) is 92.0 Å². The molecule has 3 aromatic rings. The van der Waals surface area contributed by atoms with Crippen LogP contribution in [-0.2, 0) is 0 Å². The Morgan fingerprint density at radius 2 is 2.10 bits per heavy atom. The Morgan fingerprint density at radius 3 is 2.85 bits per heavy atom. The van der Waals surface area contributed by atoms with Crippen LogP contribution in [0.25, 0.3) is 22.2 Å². The van der Waals surface area contributed by atoms with Crippen LogP contribution < -0.4 is 5.73 Å². The molecular weight excluding hydrogens is 278 g/mol. The lowest BCUT2D eigenvalue weighted by atomic mass is 10.0. The molecule has 0 unspecified atom stereocenters. The van der Waals surface area contributed by atoms with Crippen molar-refractivity contribution in [3.05, 3.63) is 47.2 Å². The van der Waals surface area contributed by atoms with Crippen molar-refractivity contribution in [2.24, 2.45) is 0 Å². The van der Waals surface area contributed by atoms with E-state index >= 15 is 0 Å². The number of halogens is 1. The van der Waals surface area contributed by atoms with Crippen LogP contribution in [0.5, 0.6) is 0 Å². The fraction of sp³-hybridized carbons (Fsp3) is 0. The van der Waals surface area contributed by atoms with Gasteiger partial charge in [-0.25, -0.2) is 9.78 Å². The number of carbonyl (C=O) groups is 1. The first kappa shape index (κ1) is 12.5. The highest BCUT2D eigenvalue weighted by Crippen LogP contribution is 2.31. The Kier molecular flexibility index (Phi) is 2.84. The molecule has 0 saturated carbocycles. The Hall–Kier alpha value is -2.53. The number of nitrogens with one attached hydrogen (secondary N) is 1. The van der Waals surface area contributed by atoms with Crippen LogP contribution in [0.3, 0.4) is 0 Å². The van der Waals surface area contributed by atoms with E-state index in [9.17, 15) is 4.79 Å². The summed E-state index contributed by atoms with van der Waals surface area (Å²) in [6.45, 7) is 0. The van der Waals surface area contributed by atoms with Gasteiger partial charge in [-0.2, -0.15) is 0 Å². The molecular formula is C14H10ClN3O2. The molecule has 20 heavy (non-hydrogen) atoms. The van der Waals surface area contributed by atoms with E-state index in [4.69, 9.17) is 22.4 Å². The van der Waals surface area contributed by atoms with Crippen molar-refractivity contribution in [1.82, 2.24) is 9.97 Å². The van der Waals surface area contributed by atoms with E-state index in [1.165, 1.54) is 6.07 Å². The van der Waals surface area contributed by atoms with E-state index in [1.807, 2.05) is 0 Å². The zero-order valence-corrected chi connectivity index (χ0v) is 11.0. The number of hydrogen-bond acceptors (Lipinski definition) is 3. The monoisotopic (exact) mass is 287 g/mol. The zero-order valence-electron chi connectivity index (χ0n) is 10.2. The average Bonchev–Trinajstić information content (AvgIpc) is 2.80. The highest BCUT2D eigenvalue weighted by atomic mass is 35.5. The molecule has 0 saturated heterocycles. The summed E-state index contributed by atoms with van der Waals surface area (Å²) in [5, 5.41) is 10.4. The SMILES string of the molecule is Nc1cc(C(=O)O)cc(-c2c[nH]c3ncc(Cl)cc23)c1. The third kappa shape index (κ3) is 2.08. The van der Waals surface area contributed by atoms with Gasteiger partial charge in [0.25, 0.3) is 0 Å². The third-order valence-electron chi connectivity index (χ3n) is 3.01. The number of carboxylic acid groups (broad SMARTS) is 1. The second kappa shape index (κ2) is 4.54. The summed E-state index contributed by atoms with van der Waals surface area (Å²) >= 11 is 5.95. The van der Waals surface area contributed by atoms with Crippen LogP contribution in [0.2, 0.25) is 5.02 Å². The minimum Gasteiger partial charge on any atom is -0.478 e. The fourth-order valence-corrected chi connectivity index (χ4v) is 2.31. The Balaban J connectivity index is 2.25. The summed E-state index contributed by atoms with van der Waals surface area (Å²) in [7, 11) is 0. The quantitative estimate of drug-likeness (QED) is 0.631. The van der Waals surface area contributed by atoms with Crippen molar-refractivity contribution in [3.8, 4) is 11.1 Å². The van der Waals surface area contributed by atoms with E-state index in [1.54, 1.807) is 30.6 Å². The van der Waals surface area contributed by atoms with Crippen LogP contribution >= 0.6 is 11.6 Å². The van der Waals surface area contributed by atoms with Crippen molar-refractivity contribution < 1.29 is 9.90 Å². The van der Waals surface area contributed by atoms with Gasteiger partial charge in [0.15, 0.2) is 0 Å². The lowest BCUT2D eigenvalue weighted by Crippen LogP contribution is -1.98. The van der Waals surface area contributed by atoms with Crippen LogP contribution in [0.4, 0.5) is 5.69 Å². The van der Waals surface area contributed by atoms with Crippen molar-refractivity contribution in [1.29, 1.82) is 0 Å². The van der Waals surface area contributed by atoms with Crippen LogP contribution in [0.15, 0.2) is 36.7 Å². The number of aromatic nitrogens is 2. The van der Waals surface area contributed by atoms with Gasteiger partial charge in [0, 0.05) is 29.0 Å². The number of rotatable bonds is 2. The summed E-state index contributed by atoms with van der Waals surface area (Å²) < 4.78 is 0. The van der Waals surface area contributed by atoms with E-state index in [0.717, 1.165) is 10.9 Å². The average molecular weight is 288 g/mol. The molecule has 2 heterocycles. The molecule has 0 fully saturated rings. The predicted octanol–water partition coefficient (Wildman–Crippen LogP) is 3.16. The molecule has 0 aliphatic rings. The molecule has 100 valence electrons. The van der Waals surface area contributed by atoms with Gasteiger partial charge >= 0.3 is 5.97 Å². The van der Waals surface area contributed by atoms with Crippen LogP contribution in [0, 0.1) is 0 Å². The number of anilines is 1. The Labute approximate surface area is 119 Å². The number of aromatic carboxylic acids is 1. The van der Waals surface area contributed by atoms with Gasteiger partial charge < -0.3 is 15.8 Å². The third-order valence-corrected chi connectivity index (χ3v) is 3.22. The molecule has 5 nitrogen and oxygen atoms in total. The first-order chi connectivity index (χ1) is 9.54. The number of hydrogen-bond donors (Lipinski definition) is 3. The summed E-state index contributed by atoms with van der Waals surface area (Å²) in [6.07, 6.45) is 3.31. The highest BCUT2D eigenvalue weighted by molar-refractivity contribution is 6.31. The molecule has 0 atom stereocenters. The Morgan fingerprint density at radius 1 is 1.30 bits per heavy atom. The second-order valence-corrected chi connectivity index (χ2v) is 4.84. The first-order valence-corrected chi connectivity index (χ1v) is 6.19. The summed E-state index contributed by atoms with van der Waals surface area (Å²) in [5.74, 6) is -1.02. The predicted molar refractivity (Wildman–Crippen MR) is 77.9 cm³/mol. The number of aromatic amines is 1. The molecule has 0 radical (unpaired) electrons. The lowest BCUT2D eigenvalue weighted by Gasteiger charge is -2.04. The van der Waals surface area contributed by atoms with Crippen molar-refractivity contribution >= 4 is 34.3 Å². The standard InChI is InChI=1S/C14H10ClN3O2/c15-9-4-11-12(6-18-13(11)17-5-9)7-1-8(14(19)20)3-10(16)2-7/h1-6H,16H2,(H,17,18)(H,19,20). The molecule has 6 heteroatoms. The fourth-order valence-electron chi connectivity index (χ4n) is 2.15. The summed E-state index contributed by atoms with van der Waals surface area (Å²) in [4.78, 5) is 18.3. The minimum absolute atomic E-state index is 0.143. The van der Waals surface area contributed by atoms with Crippen molar-refractivity contribution in [3.63, 3.8) is 0 Å². The number of H-pyrrole nitrogens is 1. The maximum Gasteiger partial charge on any atom is 0.335 e. The number of nitrogens with zero attached hydrogens (tertiary/aromatic N) is 1. The van der Waals surface area contributed by atoms with Crippen LogP contribution in [0.1, 0.15) is 10.4 Å². The molecule has 0 bridgehead atoms. The van der Waals surface area contributed by atoms with E-state index < -0.39 is 5.97 Å². The summed E-state index contributed by atoms with van der Waals surface area (Å²) in [5.41, 5.74) is 8.50. The highest BCUT2D eigenvalue weighted by Gasteiger charge is 2.11. The molecule has 2 aromatic heterocycles. The molecule has 0 aliphatic heterocycles. The molecule has 0 aliphatic carbocycles. The number of benzene rings is 1. The normalized spacial score (nSPS) is 10.8. The van der Waals surface area contributed by atoms with Gasteiger partial charge in [0.1, 0.15) is 5.65 Å². The van der Waals surface area contributed by atoms with E-state index in [0.29, 0.717) is 21.9 Å². The Bertz CT molecular complexity index is 826. The van der Waals surface area contributed by atoms with Gasteiger partial charge in [-0.05, 0) is 29.8 Å². The van der Waals surface area contributed by atoms with E-state index in [-0.39, 0.29) is 5.56 Å². The maximum atomic E-state index is 11.1.